The minimum absolute atomic E-state index is 0.00807. The molecular weight excluding hydrogens is 442 g/mol. The standard InChI is InChI=1S/C24H29N3O5S/c1-31-17-7-8-19(21(15-17)32-2)23(29)25-10-12-26(13-11-25)24(30)20-6-3-9-27(20)22(28)16-18-5-4-14-33-18/h4-5,7-8,14-15,20H,3,6,9-13,16H2,1-2H3. The molecule has 2 saturated heterocycles. The summed E-state index contributed by atoms with van der Waals surface area (Å²) in [6, 6.07) is 8.60. The van der Waals surface area contributed by atoms with Gasteiger partial charge < -0.3 is 24.2 Å². The van der Waals surface area contributed by atoms with Crippen LogP contribution in [-0.2, 0) is 16.0 Å². The van der Waals surface area contributed by atoms with Crippen molar-refractivity contribution in [2.75, 3.05) is 46.9 Å². The summed E-state index contributed by atoms with van der Waals surface area (Å²) < 4.78 is 10.6. The zero-order chi connectivity index (χ0) is 23.4. The second-order valence-electron chi connectivity index (χ2n) is 8.18. The molecule has 2 fully saturated rings. The molecule has 1 aromatic heterocycles. The van der Waals surface area contributed by atoms with Crippen LogP contribution in [-0.4, -0.2) is 85.4 Å². The van der Waals surface area contributed by atoms with Crippen LogP contribution in [0.3, 0.4) is 0 Å². The normalized spacial score (nSPS) is 18.4. The second-order valence-corrected chi connectivity index (χ2v) is 9.22. The van der Waals surface area contributed by atoms with E-state index in [1.807, 2.05) is 17.5 Å². The van der Waals surface area contributed by atoms with E-state index in [1.54, 1.807) is 51.3 Å². The van der Waals surface area contributed by atoms with E-state index in [9.17, 15) is 14.4 Å². The van der Waals surface area contributed by atoms with Crippen LogP contribution in [0.15, 0.2) is 35.7 Å². The fraction of sp³-hybridized carbons (Fsp3) is 0.458. The highest BCUT2D eigenvalue weighted by Crippen LogP contribution is 2.27. The zero-order valence-electron chi connectivity index (χ0n) is 19.0. The molecule has 33 heavy (non-hydrogen) atoms. The molecule has 0 saturated carbocycles. The molecule has 3 heterocycles. The fourth-order valence-corrected chi connectivity index (χ4v) is 5.17. The van der Waals surface area contributed by atoms with E-state index in [0.717, 1.165) is 11.3 Å². The lowest BCUT2D eigenvalue weighted by atomic mass is 10.1. The van der Waals surface area contributed by atoms with Crippen LogP contribution in [0.1, 0.15) is 28.1 Å². The van der Waals surface area contributed by atoms with Crippen molar-refractivity contribution in [1.82, 2.24) is 14.7 Å². The van der Waals surface area contributed by atoms with Gasteiger partial charge >= 0.3 is 0 Å². The summed E-state index contributed by atoms with van der Waals surface area (Å²) in [6.07, 6.45) is 1.87. The third-order valence-electron chi connectivity index (χ3n) is 6.28. The fourth-order valence-electron chi connectivity index (χ4n) is 4.47. The highest BCUT2D eigenvalue weighted by Gasteiger charge is 2.37. The number of methoxy groups -OCH3 is 2. The molecular formula is C24H29N3O5S. The first-order chi connectivity index (χ1) is 16.0. The Kier molecular flexibility index (Phi) is 7.17. The molecule has 0 bridgehead atoms. The molecule has 2 aromatic rings. The molecule has 0 radical (unpaired) electrons. The molecule has 1 aromatic carbocycles. The van der Waals surface area contributed by atoms with Gasteiger partial charge in [0.2, 0.25) is 11.8 Å². The average molecular weight is 472 g/mol. The first-order valence-electron chi connectivity index (χ1n) is 11.1. The zero-order valence-corrected chi connectivity index (χ0v) is 19.8. The molecule has 0 spiro atoms. The first kappa shape index (κ1) is 23.1. The Morgan fingerprint density at radius 3 is 2.42 bits per heavy atom. The largest absolute Gasteiger partial charge is 0.497 e. The first-order valence-corrected chi connectivity index (χ1v) is 12.0. The number of likely N-dealkylation sites (tertiary alicyclic amines) is 1. The van der Waals surface area contributed by atoms with Gasteiger partial charge in [0.15, 0.2) is 0 Å². The van der Waals surface area contributed by atoms with E-state index < -0.39 is 6.04 Å². The number of amides is 3. The molecule has 9 heteroatoms. The lowest BCUT2D eigenvalue weighted by molar-refractivity contribution is -0.144. The predicted molar refractivity (Wildman–Crippen MR) is 125 cm³/mol. The van der Waals surface area contributed by atoms with Gasteiger partial charge in [-0.1, -0.05) is 6.07 Å². The summed E-state index contributed by atoms with van der Waals surface area (Å²) in [6.45, 7) is 2.40. The topological polar surface area (TPSA) is 79.4 Å². The molecule has 176 valence electrons. The molecule has 2 aliphatic heterocycles. The summed E-state index contributed by atoms with van der Waals surface area (Å²) in [7, 11) is 3.09. The number of nitrogens with zero attached hydrogens (tertiary/aromatic N) is 3. The molecule has 8 nitrogen and oxygen atoms in total. The number of rotatable bonds is 6. The van der Waals surface area contributed by atoms with Gasteiger partial charge in [0.05, 0.1) is 26.2 Å². The maximum Gasteiger partial charge on any atom is 0.257 e. The second kappa shape index (κ2) is 10.2. The molecule has 3 amide bonds. The summed E-state index contributed by atoms with van der Waals surface area (Å²) in [4.78, 5) is 45.4. The minimum atomic E-state index is -0.401. The van der Waals surface area contributed by atoms with E-state index in [1.165, 1.54) is 7.11 Å². The molecule has 1 atom stereocenters. The summed E-state index contributed by atoms with van der Waals surface area (Å²) in [5, 5.41) is 1.96. The average Bonchev–Trinajstić information content (AvgIpc) is 3.55. The number of hydrogen-bond donors (Lipinski definition) is 0. The monoisotopic (exact) mass is 471 g/mol. The van der Waals surface area contributed by atoms with E-state index >= 15 is 0 Å². The van der Waals surface area contributed by atoms with Crippen molar-refractivity contribution in [2.24, 2.45) is 0 Å². The van der Waals surface area contributed by atoms with Crippen LogP contribution in [0, 0.1) is 0 Å². The van der Waals surface area contributed by atoms with E-state index in [0.29, 0.717) is 62.6 Å². The Bertz CT molecular complexity index is 1000. The van der Waals surface area contributed by atoms with Gasteiger partial charge in [-0.05, 0) is 36.4 Å². The SMILES string of the molecule is COc1ccc(C(=O)N2CCN(C(=O)C3CCCN3C(=O)Cc3cccs3)CC2)c(OC)c1. The van der Waals surface area contributed by atoms with Crippen LogP contribution in [0.25, 0.3) is 0 Å². The Morgan fingerprint density at radius 1 is 1.00 bits per heavy atom. The lowest BCUT2D eigenvalue weighted by Crippen LogP contribution is -2.55. The molecule has 0 aliphatic carbocycles. The summed E-state index contributed by atoms with van der Waals surface area (Å²) >= 11 is 1.56. The van der Waals surface area contributed by atoms with Crippen LogP contribution in [0.2, 0.25) is 0 Å². The van der Waals surface area contributed by atoms with Crippen molar-refractivity contribution in [3.63, 3.8) is 0 Å². The van der Waals surface area contributed by atoms with Gasteiger partial charge in [-0.25, -0.2) is 0 Å². The number of carbonyl (C=O) groups excluding carboxylic acids is 3. The number of thiophene rings is 1. The van der Waals surface area contributed by atoms with Gasteiger partial charge in [0.25, 0.3) is 5.91 Å². The van der Waals surface area contributed by atoms with Crippen LogP contribution < -0.4 is 9.47 Å². The van der Waals surface area contributed by atoms with Crippen LogP contribution >= 0.6 is 11.3 Å². The number of carbonyl (C=O) groups is 3. The minimum Gasteiger partial charge on any atom is -0.497 e. The van der Waals surface area contributed by atoms with Gasteiger partial charge in [-0.2, -0.15) is 0 Å². The van der Waals surface area contributed by atoms with Gasteiger partial charge in [0.1, 0.15) is 17.5 Å². The predicted octanol–water partition coefficient (Wildman–Crippen LogP) is 2.28. The smallest absolute Gasteiger partial charge is 0.257 e. The number of hydrogen-bond acceptors (Lipinski definition) is 6. The molecule has 4 rings (SSSR count). The molecule has 1 unspecified atom stereocenters. The Hall–Kier alpha value is -3.07. The van der Waals surface area contributed by atoms with Crippen molar-refractivity contribution >= 4 is 29.1 Å². The van der Waals surface area contributed by atoms with Crippen LogP contribution in [0.4, 0.5) is 0 Å². The number of benzene rings is 1. The van der Waals surface area contributed by atoms with Gasteiger partial charge in [-0.3, -0.25) is 14.4 Å². The van der Waals surface area contributed by atoms with Crippen LogP contribution in [0.5, 0.6) is 11.5 Å². The highest BCUT2D eigenvalue weighted by molar-refractivity contribution is 7.10. The third-order valence-corrected chi connectivity index (χ3v) is 7.16. The maximum atomic E-state index is 13.2. The van der Waals surface area contributed by atoms with Crippen molar-refractivity contribution in [1.29, 1.82) is 0 Å². The van der Waals surface area contributed by atoms with Gasteiger partial charge in [0, 0.05) is 43.7 Å². The Labute approximate surface area is 197 Å². The van der Waals surface area contributed by atoms with E-state index in [4.69, 9.17) is 9.47 Å². The molecule has 0 N–H and O–H groups in total. The Balaban J connectivity index is 1.36. The van der Waals surface area contributed by atoms with Crippen molar-refractivity contribution in [2.45, 2.75) is 25.3 Å². The van der Waals surface area contributed by atoms with Crippen molar-refractivity contribution in [3.8, 4) is 11.5 Å². The highest BCUT2D eigenvalue weighted by atomic mass is 32.1. The summed E-state index contributed by atoms with van der Waals surface area (Å²) in [5.41, 5.74) is 0.471. The maximum absolute atomic E-state index is 13.2. The Morgan fingerprint density at radius 2 is 1.76 bits per heavy atom. The number of piperazine rings is 1. The quantitative estimate of drug-likeness (QED) is 0.646. The summed E-state index contributed by atoms with van der Waals surface area (Å²) in [5.74, 6) is 0.947. The van der Waals surface area contributed by atoms with Crippen molar-refractivity contribution < 1.29 is 23.9 Å². The van der Waals surface area contributed by atoms with Crippen molar-refractivity contribution in [3.05, 3.63) is 46.2 Å². The number of ether oxygens (including phenoxy) is 2. The lowest BCUT2D eigenvalue weighted by Gasteiger charge is -2.37. The third kappa shape index (κ3) is 4.98. The van der Waals surface area contributed by atoms with E-state index in [-0.39, 0.29) is 17.7 Å². The molecule has 2 aliphatic rings. The van der Waals surface area contributed by atoms with Gasteiger partial charge in [-0.15, -0.1) is 11.3 Å². The van der Waals surface area contributed by atoms with E-state index in [2.05, 4.69) is 0 Å².